The quantitative estimate of drug-likeness (QED) is 0.355. The summed E-state index contributed by atoms with van der Waals surface area (Å²) in [5.74, 6) is -0.965. The van der Waals surface area contributed by atoms with E-state index in [0.717, 1.165) is 4.90 Å². The molecule has 2 bridgehead atoms. The van der Waals surface area contributed by atoms with Crippen LogP contribution in [0.1, 0.15) is 12.8 Å². The van der Waals surface area contributed by atoms with Gasteiger partial charge in [-0.25, -0.2) is 4.79 Å². The Morgan fingerprint density at radius 2 is 1.88 bits per heavy atom. The molecule has 0 aliphatic carbocycles. The van der Waals surface area contributed by atoms with E-state index in [1.165, 1.54) is 0 Å². The number of nitrogens with zero attached hydrogens (tertiary/aromatic N) is 3. The van der Waals surface area contributed by atoms with E-state index >= 15 is 0 Å². The van der Waals surface area contributed by atoms with E-state index in [2.05, 4.69) is 8.68 Å². The van der Waals surface area contributed by atoms with Gasteiger partial charge in [-0.05, 0) is 12.8 Å². The van der Waals surface area contributed by atoms with Crippen LogP contribution in [0.5, 0.6) is 0 Å². The molecule has 2 amide bonds. The third-order valence-electron chi connectivity index (χ3n) is 3.36. The molecule has 0 aromatic heterocycles. The van der Waals surface area contributed by atoms with Gasteiger partial charge in [-0.2, -0.15) is 35.1 Å². The largest absolute Gasteiger partial charge is 0.518 e. The summed E-state index contributed by atoms with van der Waals surface area (Å²) in [7, 11) is -10.9. The van der Waals surface area contributed by atoms with Crippen molar-refractivity contribution in [1.82, 2.24) is 9.96 Å². The number of hydrogen-bond donors (Lipinski definition) is 2. The average Bonchev–Trinajstić information content (AvgIpc) is 2.60. The maximum Gasteiger partial charge on any atom is 0.518 e. The summed E-state index contributed by atoms with van der Waals surface area (Å²) >= 11 is 0. The maximum atomic E-state index is 12.3. The fourth-order valence-electron chi connectivity index (χ4n) is 2.39. The second kappa shape index (κ2) is 5.71. The van der Waals surface area contributed by atoms with Gasteiger partial charge in [-0.15, -0.1) is 8.68 Å². The van der Waals surface area contributed by atoms with Gasteiger partial charge in [0.15, 0.2) is 0 Å². The Balaban J connectivity index is 2.26. The third kappa shape index (κ3) is 3.55. The Morgan fingerprint density at radius 1 is 1.29 bits per heavy atom. The molecule has 0 spiro atoms. The molecule has 2 heterocycles. The molecule has 138 valence electrons. The first kappa shape index (κ1) is 18.7. The van der Waals surface area contributed by atoms with Crippen LogP contribution >= 0.6 is 0 Å². The molecular weight excluding hydrogens is 385 g/mol. The normalized spacial score (nSPS) is 26.2. The first-order valence-electron chi connectivity index (χ1n) is 6.16. The molecule has 2 saturated heterocycles. The standard InChI is InChI=1S/C8H11F3N4O7S2/c9-8(10,11)23(17,18)13-6(12)5-2-1-4-3-14(5)7(16)15(4)22-24(19,20)21/h4-5H,1-3H2,(H2,12,13)(H,19,20,21)/t4-,5+/m1/s1. The summed E-state index contributed by atoms with van der Waals surface area (Å²) in [6.07, 6.45) is -0.0465. The molecule has 16 heteroatoms. The Hall–Kier alpha value is -1.65. The maximum absolute atomic E-state index is 12.3. The minimum absolute atomic E-state index is 0.0325. The predicted octanol–water partition coefficient (Wildman–Crippen LogP) is -0.804. The SMILES string of the molecule is NC(=NS(=O)(=O)C(F)(F)F)[C@@H]1CC[C@@H]2CN1C(=O)N2OS(=O)(=O)O. The van der Waals surface area contributed by atoms with Crippen LogP contribution in [0.4, 0.5) is 18.0 Å². The molecule has 0 radical (unpaired) electrons. The van der Waals surface area contributed by atoms with Gasteiger partial charge in [-0.1, -0.05) is 0 Å². The number of carbonyl (C=O) groups excluding carboxylic acids is 1. The van der Waals surface area contributed by atoms with Crippen LogP contribution in [0.2, 0.25) is 0 Å². The van der Waals surface area contributed by atoms with E-state index < -0.39 is 49.9 Å². The van der Waals surface area contributed by atoms with Gasteiger partial charge in [0.25, 0.3) is 0 Å². The van der Waals surface area contributed by atoms with Gasteiger partial charge in [0.1, 0.15) is 5.84 Å². The number of urea groups is 1. The average molecular weight is 396 g/mol. The lowest BCUT2D eigenvalue weighted by Crippen LogP contribution is -2.48. The van der Waals surface area contributed by atoms with Crippen molar-refractivity contribution in [3.8, 4) is 0 Å². The van der Waals surface area contributed by atoms with Crippen molar-refractivity contribution in [1.29, 1.82) is 0 Å². The molecule has 11 nitrogen and oxygen atoms in total. The molecule has 0 aromatic carbocycles. The number of alkyl halides is 3. The second-order valence-corrected chi connectivity index (χ2v) is 7.55. The second-order valence-electron chi connectivity index (χ2n) is 4.95. The zero-order valence-electron chi connectivity index (χ0n) is 11.5. The lowest BCUT2D eigenvalue weighted by molar-refractivity contribution is -0.0435. The van der Waals surface area contributed by atoms with Crippen LogP contribution in [0.15, 0.2) is 4.40 Å². The molecule has 0 aromatic rings. The van der Waals surface area contributed by atoms with Crippen molar-refractivity contribution in [2.45, 2.75) is 30.4 Å². The van der Waals surface area contributed by atoms with Gasteiger partial charge >= 0.3 is 32.0 Å². The minimum Gasteiger partial charge on any atom is -0.385 e. The van der Waals surface area contributed by atoms with Crippen LogP contribution in [-0.4, -0.2) is 67.4 Å². The number of fused-ring (bicyclic) bond motifs is 2. The van der Waals surface area contributed by atoms with Gasteiger partial charge in [0.05, 0.1) is 12.1 Å². The summed E-state index contributed by atoms with van der Waals surface area (Å²) < 4.78 is 95.6. The molecule has 2 rings (SSSR count). The number of halogens is 3. The molecule has 2 aliphatic heterocycles. The molecule has 2 aliphatic rings. The molecule has 3 N–H and O–H groups in total. The highest BCUT2D eigenvalue weighted by atomic mass is 32.3. The third-order valence-corrected chi connectivity index (χ3v) is 4.74. The Kier molecular flexibility index (Phi) is 4.45. The number of hydrogen-bond acceptors (Lipinski definition) is 6. The van der Waals surface area contributed by atoms with Crippen LogP contribution in [0, 0.1) is 0 Å². The van der Waals surface area contributed by atoms with Crippen LogP contribution in [-0.2, 0) is 24.7 Å². The smallest absolute Gasteiger partial charge is 0.385 e. The highest BCUT2D eigenvalue weighted by Gasteiger charge is 2.50. The number of amides is 2. The number of rotatable bonds is 4. The number of sulfonamides is 1. The van der Waals surface area contributed by atoms with Gasteiger partial charge < -0.3 is 10.6 Å². The molecule has 0 unspecified atom stereocenters. The Bertz CT molecular complexity index is 778. The summed E-state index contributed by atoms with van der Waals surface area (Å²) in [6.45, 7) is -0.193. The van der Waals surface area contributed by atoms with E-state index in [9.17, 15) is 34.8 Å². The fraction of sp³-hybridized carbons (Fsp3) is 0.750. The van der Waals surface area contributed by atoms with Crippen LogP contribution < -0.4 is 5.73 Å². The summed E-state index contributed by atoms with van der Waals surface area (Å²) in [4.78, 5) is 12.8. The highest BCUT2D eigenvalue weighted by Crippen LogP contribution is 2.31. The number of piperidine rings is 1. The Labute approximate surface area is 133 Å². The Morgan fingerprint density at radius 3 is 2.38 bits per heavy atom. The van der Waals surface area contributed by atoms with Crippen LogP contribution in [0.25, 0.3) is 0 Å². The van der Waals surface area contributed by atoms with Crippen molar-refractivity contribution in [2.24, 2.45) is 10.1 Å². The lowest BCUT2D eigenvalue weighted by Gasteiger charge is -2.29. The highest BCUT2D eigenvalue weighted by molar-refractivity contribution is 7.91. The number of amidine groups is 1. The van der Waals surface area contributed by atoms with Crippen LogP contribution in [0.3, 0.4) is 0 Å². The minimum atomic E-state index is -5.88. The van der Waals surface area contributed by atoms with Crippen molar-refractivity contribution in [2.75, 3.05) is 6.54 Å². The summed E-state index contributed by atoms with van der Waals surface area (Å²) in [5, 5.41) is 0.334. The van der Waals surface area contributed by atoms with Crippen molar-refractivity contribution in [3.05, 3.63) is 0 Å². The van der Waals surface area contributed by atoms with Gasteiger partial charge in [-0.3, -0.25) is 4.55 Å². The molecule has 2 atom stereocenters. The monoisotopic (exact) mass is 396 g/mol. The van der Waals surface area contributed by atoms with E-state index in [-0.39, 0.29) is 19.4 Å². The van der Waals surface area contributed by atoms with Crippen molar-refractivity contribution in [3.63, 3.8) is 0 Å². The zero-order valence-corrected chi connectivity index (χ0v) is 13.2. The molecule has 2 fully saturated rings. The first-order chi connectivity index (χ1) is 10.7. The van der Waals surface area contributed by atoms with E-state index in [1.807, 2.05) is 0 Å². The first-order valence-corrected chi connectivity index (χ1v) is 8.97. The van der Waals surface area contributed by atoms with E-state index in [1.54, 1.807) is 0 Å². The summed E-state index contributed by atoms with van der Waals surface area (Å²) in [6, 6.07) is -3.20. The van der Waals surface area contributed by atoms with Crippen molar-refractivity contribution >= 4 is 32.3 Å². The number of hydroxylamine groups is 2. The molecule has 24 heavy (non-hydrogen) atoms. The predicted molar refractivity (Wildman–Crippen MR) is 70.0 cm³/mol. The van der Waals surface area contributed by atoms with E-state index in [0.29, 0.717) is 5.06 Å². The van der Waals surface area contributed by atoms with Gasteiger partial charge in [0.2, 0.25) is 0 Å². The molecular formula is C8H11F3N4O7S2. The van der Waals surface area contributed by atoms with Gasteiger partial charge in [0, 0.05) is 6.54 Å². The number of carbonyl (C=O) groups is 1. The zero-order chi connectivity index (χ0) is 18.5. The van der Waals surface area contributed by atoms with Crippen molar-refractivity contribution < 1.29 is 43.6 Å². The number of nitrogens with two attached hydrogens (primary N) is 1. The van der Waals surface area contributed by atoms with E-state index in [4.69, 9.17) is 10.3 Å². The summed E-state index contributed by atoms with van der Waals surface area (Å²) in [5.41, 5.74) is -0.348. The molecule has 0 saturated carbocycles. The lowest BCUT2D eigenvalue weighted by atomic mass is 10.0. The fourth-order valence-corrected chi connectivity index (χ4v) is 3.28. The topological polar surface area (TPSA) is 160 Å².